The SMILES string of the molecule is [B]C(Br)=Cc1ccoc1. The van der Waals surface area contributed by atoms with Crippen molar-refractivity contribution in [3.8, 4) is 0 Å². The predicted octanol–water partition coefficient (Wildman–Crippen LogP) is 2.14. The van der Waals surface area contributed by atoms with Crippen LogP contribution in [0.25, 0.3) is 6.08 Å². The number of rotatable bonds is 1. The van der Waals surface area contributed by atoms with E-state index in [2.05, 4.69) is 15.9 Å². The van der Waals surface area contributed by atoms with Gasteiger partial charge in [-0.15, -0.1) is 0 Å². The first-order valence-electron chi connectivity index (χ1n) is 2.44. The zero-order valence-electron chi connectivity index (χ0n) is 4.67. The summed E-state index contributed by atoms with van der Waals surface area (Å²) in [6.45, 7) is 0. The molecule has 1 aromatic heterocycles. The van der Waals surface area contributed by atoms with E-state index in [0.29, 0.717) is 4.38 Å². The van der Waals surface area contributed by atoms with Gasteiger partial charge < -0.3 is 4.42 Å². The lowest BCUT2D eigenvalue weighted by molar-refractivity contribution is 0.567. The molecular formula is C6H4BBrO. The lowest BCUT2D eigenvalue weighted by atomic mass is 10.1. The maximum atomic E-state index is 5.32. The van der Waals surface area contributed by atoms with Crippen molar-refractivity contribution >= 4 is 29.9 Å². The maximum Gasteiger partial charge on any atom is 0.124 e. The van der Waals surface area contributed by atoms with Crippen molar-refractivity contribution in [1.82, 2.24) is 0 Å². The summed E-state index contributed by atoms with van der Waals surface area (Å²) in [6.07, 6.45) is 4.99. The molecule has 0 saturated carbocycles. The Labute approximate surface area is 63.3 Å². The first-order chi connectivity index (χ1) is 4.29. The van der Waals surface area contributed by atoms with Gasteiger partial charge in [0.2, 0.25) is 0 Å². The smallest absolute Gasteiger partial charge is 0.124 e. The van der Waals surface area contributed by atoms with Gasteiger partial charge in [0, 0.05) is 5.56 Å². The third kappa shape index (κ3) is 2.10. The molecule has 0 N–H and O–H groups in total. The van der Waals surface area contributed by atoms with Gasteiger partial charge in [-0.05, 0) is 6.07 Å². The topological polar surface area (TPSA) is 13.1 Å². The molecule has 0 unspecified atom stereocenters. The van der Waals surface area contributed by atoms with E-state index in [1.807, 2.05) is 6.07 Å². The van der Waals surface area contributed by atoms with Crippen LogP contribution in [0.5, 0.6) is 0 Å². The Hall–Kier alpha value is -0.435. The van der Waals surface area contributed by atoms with Crippen LogP contribution in [0.2, 0.25) is 0 Å². The van der Waals surface area contributed by atoms with Gasteiger partial charge in [-0.2, -0.15) is 0 Å². The molecule has 0 aliphatic rings. The summed E-state index contributed by atoms with van der Waals surface area (Å²) in [5.41, 5.74) is 0.962. The van der Waals surface area contributed by atoms with Crippen molar-refractivity contribution in [2.45, 2.75) is 0 Å². The van der Waals surface area contributed by atoms with Crippen molar-refractivity contribution in [1.29, 1.82) is 0 Å². The molecule has 0 atom stereocenters. The van der Waals surface area contributed by atoms with Crippen LogP contribution in [-0.2, 0) is 0 Å². The average Bonchev–Trinajstić information content (AvgIpc) is 2.15. The average molecular weight is 183 g/mol. The summed E-state index contributed by atoms with van der Waals surface area (Å²) in [5, 5.41) is 0. The Kier molecular flexibility index (Phi) is 2.17. The van der Waals surface area contributed by atoms with Crippen LogP contribution in [0.1, 0.15) is 5.56 Å². The fraction of sp³-hybridized carbons (Fsp3) is 0. The fourth-order valence-electron chi connectivity index (χ4n) is 0.516. The van der Waals surface area contributed by atoms with E-state index in [1.165, 1.54) is 0 Å². The molecule has 1 nitrogen and oxygen atoms in total. The van der Waals surface area contributed by atoms with E-state index in [-0.39, 0.29) is 0 Å². The normalized spacial score (nSPS) is 11.9. The summed E-state index contributed by atoms with van der Waals surface area (Å²) < 4.78 is 5.40. The largest absolute Gasteiger partial charge is 0.472 e. The summed E-state index contributed by atoms with van der Waals surface area (Å²) in [6, 6.07) is 1.83. The van der Waals surface area contributed by atoms with E-state index in [0.717, 1.165) is 5.56 Å². The highest BCUT2D eigenvalue weighted by atomic mass is 79.9. The monoisotopic (exact) mass is 182 g/mol. The van der Waals surface area contributed by atoms with Gasteiger partial charge >= 0.3 is 0 Å². The van der Waals surface area contributed by atoms with E-state index < -0.39 is 0 Å². The van der Waals surface area contributed by atoms with Gasteiger partial charge in [-0.25, -0.2) is 0 Å². The molecule has 0 amide bonds. The first-order valence-corrected chi connectivity index (χ1v) is 3.23. The van der Waals surface area contributed by atoms with Crippen LogP contribution >= 0.6 is 15.9 Å². The molecule has 1 aromatic rings. The lowest BCUT2D eigenvalue weighted by Crippen LogP contribution is -1.64. The zero-order chi connectivity index (χ0) is 6.69. The van der Waals surface area contributed by atoms with Crippen LogP contribution in [-0.4, -0.2) is 7.85 Å². The highest BCUT2D eigenvalue weighted by Gasteiger charge is 1.86. The minimum atomic E-state index is 0.601. The molecule has 0 bridgehead atoms. The molecule has 1 heterocycles. The second-order valence-corrected chi connectivity index (χ2v) is 2.50. The summed E-state index contributed by atoms with van der Waals surface area (Å²) in [5.74, 6) is 0. The molecule has 0 fully saturated rings. The Bertz CT molecular complexity index is 199. The Morgan fingerprint density at radius 3 is 3.00 bits per heavy atom. The van der Waals surface area contributed by atoms with Gasteiger partial charge in [-0.1, -0.05) is 26.4 Å². The highest BCUT2D eigenvalue weighted by Crippen LogP contribution is 2.08. The van der Waals surface area contributed by atoms with Gasteiger partial charge in [0.05, 0.1) is 12.5 Å². The molecule has 1 rings (SSSR count). The van der Waals surface area contributed by atoms with Gasteiger partial charge in [0.1, 0.15) is 7.85 Å². The molecule has 0 aliphatic heterocycles. The summed E-state index contributed by atoms with van der Waals surface area (Å²) in [4.78, 5) is 0. The molecule has 9 heavy (non-hydrogen) atoms. The molecular weight excluding hydrogens is 179 g/mol. The first kappa shape index (κ1) is 6.68. The maximum absolute atomic E-state index is 5.32. The van der Waals surface area contributed by atoms with Crippen LogP contribution in [0.3, 0.4) is 0 Å². The number of furan rings is 1. The van der Waals surface area contributed by atoms with Crippen molar-refractivity contribution in [2.75, 3.05) is 0 Å². The second-order valence-electron chi connectivity index (χ2n) is 1.59. The third-order valence-corrected chi connectivity index (χ3v) is 1.08. The van der Waals surface area contributed by atoms with E-state index in [4.69, 9.17) is 12.3 Å². The van der Waals surface area contributed by atoms with Crippen LogP contribution in [0.15, 0.2) is 27.4 Å². The quantitative estimate of drug-likeness (QED) is 0.607. The number of halogens is 1. The molecule has 0 spiro atoms. The van der Waals surface area contributed by atoms with Crippen molar-refractivity contribution < 1.29 is 4.42 Å². The highest BCUT2D eigenvalue weighted by molar-refractivity contribution is 9.12. The minimum absolute atomic E-state index is 0.601. The minimum Gasteiger partial charge on any atom is -0.472 e. The Morgan fingerprint density at radius 1 is 1.78 bits per heavy atom. The molecule has 44 valence electrons. The third-order valence-electron chi connectivity index (χ3n) is 0.848. The molecule has 3 heteroatoms. The lowest BCUT2D eigenvalue weighted by Gasteiger charge is -1.81. The summed E-state index contributed by atoms with van der Waals surface area (Å²) in [7, 11) is 5.32. The summed E-state index contributed by atoms with van der Waals surface area (Å²) >= 11 is 3.09. The van der Waals surface area contributed by atoms with Gasteiger partial charge in [-0.3, -0.25) is 0 Å². The molecule has 0 aromatic carbocycles. The Balaban J connectivity index is 2.80. The van der Waals surface area contributed by atoms with E-state index in [1.54, 1.807) is 18.6 Å². The molecule has 0 saturated heterocycles. The van der Waals surface area contributed by atoms with Crippen molar-refractivity contribution in [3.63, 3.8) is 0 Å². The number of hydrogen-bond donors (Lipinski definition) is 0. The van der Waals surface area contributed by atoms with Gasteiger partial charge in [0.25, 0.3) is 0 Å². The molecule has 0 aliphatic carbocycles. The standard InChI is InChI=1S/C6H4BBrO/c7-6(8)3-5-1-2-9-4-5/h1-4H. The van der Waals surface area contributed by atoms with E-state index >= 15 is 0 Å². The van der Waals surface area contributed by atoms with Crippen molar-refractivity contribution in [2.24, 2.45) is 0 Å². The Morgan fingerprint density at radius 2 is 2.56 bits per heavy atom. The number of hydrogen-bond acceptors (Lipinski definition) is 1. The van der Waals surface area contributed by atoms with Crippen molar-refractivity contribution in [3.05, 3.63) is 28.5 Å². The van der Waals surface area contributed by atoms with Crippen LogP contribution in [0, 0.1) is 0 Å². The fourth-order valence-corrected chi connectivity index (χ4v) is 0.781. The van der Waals surface area contributed by atoms with E-state index in [9.17, 15) is 0 Å². The van der Waals surface area contributed by atoms with Crippen LogP contribution in [0.4, 0.5) is 0 Å². The van der Waals surface area contributed by atoms with Gasteiger partial charge in [0.15, 0.2) is 0 Å². The molecule has 2 radical (unpaired) electrons. The zero-order valence-corrected chi connectivity index (χ0v) is 6.26. The predicted molar refractivity (Wildman–Crippen MR) is 41.4 cm³/mol. The van der Waals surface area contributed by atoms with Crippen LogP contribution < -0.4 is 0 Å². The second kappa shape index (κ2) is 2.92.